The molecule has 0 amide bonds. The average molecular weight is 358 g/mol. The van der Waals surface area contributed by atoms with Crippen molar-refractivity contribution in [2.45, 2.75) is 13.5 Å². The van der Waals surface area contributed by atoms with Gasteiger partial charge in [-0.15, -0.1) is 11.3 Å². The van der Waals surface area contributed by atoms with Gasteiger partial charge in [-0.3, -0.25) is 0 Å². The minimum atomic E-state index is 0.861. The fourth-order valence-electron chi connectivity index (χ4n) is 2.26. The molecule has 0 aliphatic carbocycles. The molecule has 3 aromatic rings. The number of rotatable bonds is 4. The number of halogens is 1. The summed E-state index contributed by atoms with van der Waals surface area (Å²) >= 11 is 5.30. The third kappa shape index (κ3) is 3.55. The Morgan fingerprint density at radius 3 is 2.57 bits per heavy atom. The molecule has 106 valence electrons. The highest BCUT2D eigenvalue weighted by molar-refractivity contribution is 9.10. The summed E-state index contributed by atoms with van der Waals surface area (Å²) in [6.45, 7) is 2.98. The van der Waals surface area contributed by atoms with Gasteiger partial charge in [-0.05, 0) is 53.3 Å². The minimum absolute atomic E-state index is 0.861. The van der Waals surface area contributed by atoms with E-state index in [1.165, 1.54) is 27.3 Å². The van der Waals surface area contributed by atoms with Crippen LogP contribution in [0.3, 0.4) is 0 Å². The highest BCUT2D eigenvalue weighted by Crippen LogP contribution is 2.27. The Balaban J connectivity index is 1.70. The molecule has 0 unspecified atom stereocenters. The van der Waals surface area contributed by atoms with E-state index in [0.29, 0.717) is 0 Å². The van der Waals surface area contributed by atoms with Crippen molar-refractivity contribution in [2.24, 2.45) is 0 Å². The van der Waals surface area contributed by atoms with Crippen molar-refractivity contribution in [3.63, 3.8) is 0 Å². The molecule has 1 nitrogen and oxygen atoms in total. The summed E-state index contributed by atoms with van der Waals surface area (Å²) in [5.74, 6) is 0. The first-order valence-electron chi connectivity index (χ1n) is 6.85. The first kappa shape index (κ1) is 14.4. The van der Waals surface area contributed by atoms with Crippen LogP contribution in [0.1, 0.15) is 10.4 Å². The van der Waals surface area contributed by atoms with Crippen LogP contribution in [0.25, 0.3) is 11.1 Å². The van der Waals surface area contributed by atoms with Crippen molar-refractivity contribution >= 4 is 33.0 Å². The summed E-state index contributed by atoms with van der Waals surface area (Å²) < 4.78 is 1.12. The van der Waals surface area contributed by atoms with E-state index in [2.05, 4.69) is 88.1 Å². The molecule has 0 aliphatic heterocycles. The smallest absolute Gasteiger partial charge is 0.0494 e. The number of nitrogens with one attached hydrogen (secondary N) is 1. The Morgan fingerprint density at radius 2 is 1.81 bits per heavy atom. The van der Waals surface area contributed by atoms with Crippen LogP contribution in [-0.2, 0) is 6.54 Å². The Labute approximate surface area is 137 Å². The number of aryl methyl sites for hydroxylation is 1. The van der Waals surface area contributed by atoms with E-state index in [1.807, 2.05) is 0 Å². The number of hydrogen-bond acceptors (Lipinski definition) is 2. The SMILES string of the molecule is Cc1cc(Br)ccc1NCc1cc(-c2ccccc2)cs1. The molecule has 1 N–H and O–H groups in total. The van der Waals surface area contributed by atoms with Gasteiger partial charge in [-0.2, -0.15) is 0 Å². The Hall–Kier alpha value is -1.58. The lowest BCUT2D eigenvalue weighted by molar-refractivity contribution is 1.18. The number of anilines is 1. The van der Waals surface area contributed by atoms with E-state index in [1.54, 1.807) is 11.3 Å². The monoisotopic (exact) mass is 357 g/mol. The average Bonchev–Trinajstić information content (AvgIpc) is 2.96. The van der Waals surface area contributed by atoms with Crippen LogP contribution < -0.4 is 5.32 Å². The topological polar surface area (TPSA) is 12.0 Å². The lowest BCUT2D eigenvalue weighted by atomic mass is 10.1. The van der Waals surface area contributed by atoms with Crippen LogP contribution in [0.5, 0.6) is 0 Å². The highest BCUT2D eigenvalue weighted by Gasteiger charge is 2.03. The molecule has 0 spiro atoms. The molecule has 0 bridgehead atoms. The van der Waals surface area contributed by atoms with Crippen LogP contribution in [-0.4, -0.2) is 0 Å². The number of hydrogen-bond donors (Lipinski definition) is 1. The molecule has 3 heteroatoms. The van der Waals surface area contributed by atoms with Crippen molar-refractivity contribution in [2.75, 3.05) is 5.32 Å². The fraction of sp³-hybridized carbons (Fsp3) is 0.111. The Kier molecular flexibility index (Phi) is 4.42. The summed E-state index contributed by atoms with van der Waals surface area (Å²) in [4.78, 5) is 1.34. The molecule has 0 aliphatic rings. The lowest BCUT2D eigenvalue weighted by Gasteiger charge is -2.08. The van der Waals surface area contributed by atoms with Gasteiger partial charge < -0.3 is 5.32 Å². The van der Waals surface area contributed by atoms with Gasteiger partial charge in [0.15, 0.2) is 0 Å². The maximum atomic E-state index is 3.51. The van der Waals surface area contributed by atoms with Crippen LogP contribution in [0.4, 0.5) is 5.69 Å². The van der Waals surface area contributed by atoms with Gasteiger partial charge in [-0.25, -0.2) is 0 Å². The standard InChI is InChI=1S/C18H16BrNS/c1-13-9-16(19)7-8-18(13)20-11-17-10-15(12-21-17)14-5-3-2-4-6-14/h2-10,12,20H,11H2,1H3. The van der Waals surface area contributed by atoms with Gasteiger partial charge in [-0.1, -0.05) is 46.3 Å². The molecule has 3 rings (SSSR count). The second-order valence-electron chi connectivity index (χ2n) is 4.98. The number of benzene rings is 2. The lowest BCUT2D eigenvalue weighted by Crippen LogP contribution is -1.99. The van der Waals surface area contributed by atoms with E-state index in [0.717, 1.165) is 11.0 Å². The van der Waals surface area contributed by atoms with Crippen LogP contribution in [0.2, 0.25) is 0 Å². The molecular weight excluding hydrogens is 342 g/mol. The van der Waals surface area contributed by atoms with Gasteiger partial charge in [0.2, 0.25) is 0 Å². The second kappa shape index (κ2) is 6.46. The largest absolute Gasteiger partial charge is 0.380 e. The molecular formula is C18H16BrNS. The third-order valence-corrected chi connectivity index (χ3v) is 4.83. The van der Waals surface area contributed by atoms with Gasteiger partial charge in [0, 0.05) is 21.6 Å². The van der Waals surface area contributed by atoms with Gasteiger partial charge >= 0.3 is 0 Å². The van der Waals surface area contributed by atoms with Gasteiger partial charge in [0.25, 0.3) is 0 Å². The van der Waals surface area contributed by atoms with Gasteiger partial charge in [0.1, 0.15) is 0 Å². The van der Waals surface area contributed by atoms with Crippen molar-refractivity contribution in [1.29, 1.82) is 0 Å². The van der Waals surface area contributed by atoms with Crippen molar-refractivity contribution in [3.8, 4) is 11.1 Å². The molecule has 0 radical (unpaired) electrons. The van der Waals surface area contributed by atoms with Crippen molar-refractivity contribution in [1.82, 2.24) is 0 Å². The molecule has 0 fully saturated rings. The predicted molar refractivity (Wildman–Crippen MR) is 96.0 cm³/mol. The van der Waals surface area contributed by atoms with Crippen LogP contribution in [0.15, 0.2) is 64.5 Å². The zero-order valence-electron chi connectivity index (χ0n) is 11.8. The molecule has 0 saturated heterocycles. The Morgan fingerprint density at radius 1 is 1.00 bits per heavy atom. The second-order valence-corrected chi connectivity index (χ2v) is 6.89. The fourth-order valence-corrected chi connectivity index (χ4v) is 3.57. The minimum Gasteiger partial charge on any atom is -0.380 e. The van der Waals surface area contributed by atoms with Crippen molar-refractivity contribution in [3.05, 3.63) is 74.9 Å². The molecule has 2 aromatic carbocycles. The molecule has 0 atom stereocenters. The maximum absolute atomic E-state index is 3.51. The summed E-state index contributed by atoms with van der Waals surface area (Å²) in [6, 6.07) is 19.1. The molecule has 1 aromatic heterocycles. The predicted octanol–water partition coefficient (Wildman–Crippen LogP) is 6.10. The summed E-state index contributed by atoms with van der Waals surface area (Å²) in [7, 11) is 0. The van der Waals surface area contributed by atoms with Gasteiger partial charge in [0.05, 0.1) is 0 Å². The van der Waals surface area contributed by atoms with E-state index in [9.17, 15) is 0 Å². The van der Waals surface area contributed by atoms with Crippen LogP contribution in [0, 0.1) is 6.92 Å². The first-order chi connectivity index (χ1) is 10.2. The number of thiophene rings is 1. The zero-order chi connectivity index (χ0) is 14.7. The van der Waals surface area contributed by atoms with Crippen molar-refractivity contribution < 1.29 is 0 Å². The van der Waals surface area contributed by atoms with E-state index in [-0.39, 0.29) is 0 Å². The Bertz CT molecular complexity index is 734. The highest BCUT2D eigenvalue weighted by atomic mass is 79.9. The van der Waals surface area contributed by atoms with E-state index < -0.39 is 0 Å². The van der Waals surface area contributed by atoms with E-state index in [4.69, 9.17) is 0 Å². The molecule has 0 saturated carbocycles. The maximum Gasteiger partial charge on any atom is 0.0494 e. The van der Waals surface area contributed by atoms with Crippen LogP contribution >= 0.6 is 27.3 Å². The summed E-state index contributed by atoms with van der Waals surface area (Å²) in [5, 5.41) is 5.73. The summed E-state index contributed by atoms with van der Waals surface area (Å²) in [6.07, 6.45) is 0. The van der Waals surface area contributed by atoms with E-state index >= 15 is 0 Å². The zero-order valence-corrected chi connectivity index (χ0v) is 14.2. The molecule has 1 heterocycles. The summed E-state index contributed by atoms with van der Waals surface area (Å²) in [5.41, 5.74) is 5.02. The molecule has 21 heavy (non-hydrogen) atoms. The third-order valence-electron chi connectivity index (χ3n) is 3.40. The normalized spacial score (nSPS) is 10.6. The first-order valence-corrected chi connectivity index (χ1v) is 8.52. The quantitative estimate of drug-likeness (QED) is 0.594.